The van der Waals surface area contributed by atoms with Crippen molar-refractivity contribution in [3.63, 3.8) is 0 Å². The summed E-state index contributed by atoms with van der Waals surface area (Å²) in [5, 5.41) is 15.5. The lowest BCUT2D eigenvalue weighted by atomic mass is 9.76. The second-order valence-electron chi connectivity index (χ2n) is 9.21. The summed E-state index contributed by atoms with van der Waals surface area (Å²) in [6.07, 6.45) is 1.21. The van der Waals surface area contributed by atoms with Crippen molar-refractivity contribution in [1.29, 1.82) is 0 Å². The molecule has 5 rings (SSSR count). The van der Waals surface area contributed by atoms with Gasteiger partial charge in [0, 0.05) is 30.3 Å². The highest BCUT2D eigenvalue weighted by Gasteiger charge is 2.70. The van der Waals surface area contributed by atoms with Crippen LogP contribution in [0.25, 0.3) is 0 Å². The molecule has 2 fully saturated rings. The molecule has 0 bridgehead atoms. The van der Waals surface area contributed by atoms with Crippen LogP contribution in [0.5, 0.6) is 0 Å². The first-order valence-corrected chi connectivity index (χ1v) is 11.7. The average molecular weight is 462 g/mol. The maximum absolute atomic E-state index is 13.7. The Morgan fingerprint density at radius 3 is 2.53 bits per heavy atom. The Bertz CT molecular complexity index is 1180. The van der Waals surface area contributed by atoms with Crippen LogP contribution in [-0.4, -0.2) is 46.3 Å². The lowest BCUT2D eigenvalue weighted by molar-refractivity contribution is -0.143. The van der Waals surface area contributed by atoms with E-state index in [1.54, 1.807) is 0 Å². The third kappa shape index (κ3) is 3.24. The molecule has 2 saturated heterocycles. The number of nitrogens with one attached hydrogen (secondary N) is 2. The fraction of sp³-hybridized carbons (Fsp3) is 0.385. The topological polar surface area (TPSA) is 116 Å². The number of fused-ring (bicyclic) bond motifs is 4. The zero-order valence-corrected chi connectivity index (χ0v) is 18.9. The van der Waals surface area contributed by atoms with Gasteiger partial charge in [-0.3, -0.25) is 29.4 Å². The van der Waals surface area contributed by atoms with Crippen LogP contribution in [0.3, 0.4) is 0 Å². The van der Waals surface area contributed by atoms with Gasteiger partial charge in [0.2, 0.25) is 17.7 Å². The Morgan fingerprint density at radius 2 is 1.82 bits per heavy atom. The predicted octanol–water partition coefficient (Wildman–Crippen LogP) is 2.08. The van der Waals surface area contributed by atoms with Gasteiger partial charge in [0.25, 0.3) is 0 Å². The van der Waals surface area contributed by atoms with Gasteiger partial charge in [0.1, 0.15) is 5.54 Å². The molecule has 3 N–H and O–H groups in total. The first kappa shape index (κ1) is 22.3. The van der Waals surface area contributed by atoms with Crippen LogP contribution in [0.15, 0.2) is 48.5 Å². The highest BCUT2D eigenvalue weighted by Crippen LogP contribution is 2.54. The Hall–Kier alpha value is -3.52. The molecule has 34 heavy (non-hydrogen) atoms. The molecule has 3 aliphatic heterocycles. The van der Waals surface area contributed by atoms with E-state index in [1.807, 2.05) is 55.5 Å². The largest absolute Gasteiger partial charge is 0.481 e. The van der Waals surface area contributed by atoms with Crippen LogP contribution in [0, 0.1) is 11.8 Å². The van der Waals surface area contributed by atoms with E-state index in [-0.39, 0.29) is 37.1 Å². The van der Waals surface area contributed by atoms with E-state index >= 15 is 0 Å². The third-order valence-corrected chi connectivity index (χ3v) is 7.44. The van der Waals surface area contributed by atoms with Crippen molar-refractivity contribution in [2.24, 2.45) is 11.8 Å². The van der Waals surface area contributed by atoms with Crippen molar-refractivity contribution in [3.05, 3.63) is 65.2 Å². The van der Waals surface area contributed by atoms with Gasteiger partial charge in [0.05, 0.1) is 11.8 Å². The molecule has 1 spiro atoms. The molecule has 2 aromatic carbocycles. The minimum Gasteiger partial charge on any atom is -0.481 e. The van der Waals surface area contributed by atoms with E-state index < -0.39 is 29.4 Å². The van der Waals surface area contributed by atoms with E-state index in [2.05, 4.69) is 10.6 Å². The molecule has 176 valence electrons. The summed E-state index contributed by atoms with van der Waals surface area (Å²) in [5.74, 6) is -3.75. The summed E-state index contributed by atoms with van der Waals surface area (Å²) in [7, 11) is 0. The second-order valence-corrected chi connectivity index (χ2v) is 9.21. The van der Waals surface area contributed by atoms with E-state index in [0.717, 1.165) is 11.1 Å². The molecule has 4 atom stereocenters. The summed E-state index contributed by atoms with van der Waals surface area (Å²) < 4.78 is 0. The normalized spacial score (nSPS) is 27.3. The number of para-hydroxylation sites is 1. The molecule has 3 amide bonds. The number of carbonyl (C=O) groups is 4. The molecule has 0 aromatic heterocycles. The number of carboxylic acid groups (broad SMARTS) is 1. The van der Waals surface area contributed by atoms with Crippen molar-refractivity contribution in [3.8, 4) is 0 Å². The zero-order chi connectivity index (χ0) is 24.0. The highest BCUT2D eigenvalue weighted by molar-refractivity contribution is 6.15. The number of nitrogens with zero attached hydrogens (tertiary/aromatic N) is 1. The van der Waals surface area contributed by atoms with E-state index in [4.69, 9.17) is 0 Å². The molecule has 8 heteroatoms. The number of likely N-dealkylation sites (tertiary alicyclic amines) is 1. The number of benzene rings is 2. The monoisotopic (exact) mass is 461 g/mol. The number of carboxylic acids is 1. The number of aliphatic carboxylic acids is 1. The minimum absolute atomic E-state index is 0.153. The van der Waals surface area contributed by atoms with Crippen molar-refractivity contribution in [2.45, 2.75) is 44.2 Å². The summed E-state index contributed by atoms with van der Waals surface area (Å²) in [6.45, 7) is 2.21. The number of imide groups is 1. The number of hydrogen-bond donors (Lipinski definition) is 3. The van der Waals surface area contributed by atoms with E-state index in [9.17, 15) is 24.3 Å². The Balaban J connectivity index is 1.54. The van der Waals surface area contributed by atoms with Crippen LogP contribution in [0.4, 0.5) is 5.69 Å². The Kier molecular flexibility index (Phi) is 5.48. The standard InChI is InChI=1S/C26H27N3O5/c1-2-16-9-6-10-17-22(16)27-25(34)26(17)21-20(18(28-26)11-12-19(30)31)23(32)29(24(21)33)14-13-15-7-4-3-5-8-15/h3-10,18,20-21,28H,2,11-14H2,1H3,(H,27,34)(H,30,31)/t18-,20-,21-,26-/m1/s1. The van der Waals surface area contributed by atoms with Crippen molar-refractivity contribution in [1.82, 2.24) is 10.2 Å². The predicted molar refractivity (Wildman–Crippen MR) is 124 cm³/mol. The lowest BCUT2D eigenvalue weighted by Gasteiger charge is -2.29. The van der Waals surface area contributed by atoms with Crippen LogP contribution < -0.4 is 10.6 Å². The van der Waals surface area contributed by atoms with E-state index in [1.165, 1.54) is 4.90 Å². The van der Waals surface area contributed by atoms with Gasteiger partial charge in [-0.1, -0.05) is 55.5 Å². The fourth-order valence-electron chi connectivity index (χ4n) is 5.88. The lowest BCUT2D eigenvalue weighted by Crippen LogP contribution is -2.53. The van der Waals surface area contributed by atoms with Crippen molar-refractivity contribution in [2.75, 3.05) is 11.9 Å². The number of aryl methyl sites for hydroxylation is 1. The Labute approximate surface area is 197 Å². The Morgan fingerprint density at radius 1 is 1.06 bits per heavy atom. The summed E-state index contributed by atoms with van der Waals surface area (Å²) >= 11 is 0. The molecular formula is C26H27N3O5. The van der Waals surface area contributed by atoms with Crippen molar-refractivity contribution < 1.29 is 24.3 Å². The van der Waals surface area contributed by atoms with Crippen LogP contribution >= 0.6 is 0 Å². The molecule has 0 radical (unpaired) electrons. The average Bonchev–Trinajstić information content (AvgIpc) is 3.41. The van der Waals surface area contributed by atoms with Gasteiger partial charge in [-0.2, -0.15) is 0 Å². The molecule has 2 aromatic rings. The third-order valence-electron chi connectivity index (χ3n) is 7.44. The quantitative estimate of drug-likeness (QED) is 0.544. The molecule has 3 heterocycles. The van der Waals surface area contributed by atoms with Gasteiger partial charge >= 0.3 is 5.97 Å². The van der Waals surface area contributed by atoms with Crippen LogP contribution in [-0.2, 0) is 37.6 Å². The molecule has 3 aliphatic rings. The van der Waals surface area contributed by atoms with Gasteiger partial charge in [-0.25, -0.2) is 0 Å². The van der Waals surface area contributed by atoms with Gasteiger partial charge in [-0.15, -0.1) is 0 Å². The number of hydrogen-bond acceptors (Lipinski definition) is 5. The van der Waals surface area contributed by atoms with Crippen molar-refractivity contribution >= 4 is 29.4 Å². The molecular weight excluding hydrogens is 434 g/mol. The van der Waals surface area contributed by atoms with Gasteiger partial charge in [0.15, 0.2) is 0 Å². The van der Waals surface area contributed by atoms with Crippen LogP contribution in [0.1, 0.15) is 36.5 Å². The maximum Gasteiger partial charge on any atom is 0.303 e. The number of anilines is 1. The molecule has 0 aliphatic carbocycles. The number of amides is 3. The second kappa shape index (κ2) is 8.36. The first-order chi connectivity index (χ1) is 16.4. The van der Waals surface area contributed by atoms with Crippen LogP contribution in [0.2, 0.25) is 0 Å². The number of rotatable bonds is 7. The van der Waals surface area contributed by atoms with Gasteiger partial charge < -0.3 is 10.4 Å². The highest BCUT2D eigenvalue weighted by atomic mass is 16.4. The minimum atomic E-state index is -1.39. The summed E-state index contributed by atoms with van der Waals surface area (Å²) in [4.78, 5) is 53.4. The smallest absolute Gasteiger partial charge is 0.303 e. The summed E-state index contributed by atoms with van der Waals surface area (Å²) in [6, 6.07) is 14.6. The zero-order valence-electron chi connectivity index (χ0n) is 18.9. The number of carbonyl (C=O) groups excluding carboxylic acids is 3. The van der Waals surface area contributed by atoms with E-state index in [0.29, 0.717) is 24.1 Å². The first-order valence-electron chi connectivity index (χ1n) is 11.7. The molecule has 0 unspecified atom stereocenters. The maximum atomic E-state index is 13.7. The fourth-order valence-corrected chi connectivity index (χ4v) is 5.88. The summed E-state index contributed by atoms with van der Waals surface area (Å²) in [5.41, 5.74) is 1.92. The molecule has 0 saturated carbocycles. The molecule has 8 nitrogen and oxygen atoms in total. The van der Waals surface area contributed by atoms with Gasteiger partial charge in [-0.05, 0) is 30.4 Å². The SMILES string of the molecule is CCc1cccc2c1NC(=O)[C@@]21N[C@H](CCC(=O)O)[C@H]2C(=O)N(CCc3ccccc3)C(=O)[C@@H]21.